The van der Waals surface area contributed by atoms with Gasteiger partial charge in [0.05, 0.1) is 5.69 Å². The van der Waals surface area contributed by atoms with Crippen molar-refractivity contribution < 1.29 is 4.79 Å². The van der Waals surface area contributed by atoms with Crippen LogP contribution in [-0.4, -0.2) is 33.8 Å². The number of hydrogen-bond acceptors (Lipinski definition) is 4. The van der Waals surface area contributed by atoms with Gasteiger partial charge >= 0.3 is 0 Å². The highest BCUT2D eigenvalue weighted by Gasteiger charge is 2.14. The molecule has 0 radical (unpaired) electrons. The Morgan fingerprint density at radius 3 is 2.72 bits per heavy atom. The van der Waals surface area contributed by atoms with Gasteiger partial charge in [-0.25, -0.2) is 4.98 Å². The fourth-order valence-corrected chi connectivity index (χ4v) is 3.40. The summed E-state index contributed by atoms with van der Waals surface area (Å²) in [5, 5.41) is 7.42. The standard InChI is InChI=1S/C19H27N5O/c1-14-17(15(2)23(3)22-14)6-7-19(25)21-13-16-8-9-20-18(12-16)24-10-4-5-11-24/h8-9,12H,4-7,10-11,13H2,1-3H3,(H,21,25). The van der Waals surface area contributed by atoms with Gasteiger partial charge in [-0.1, -0.05) is 0 Å². The van der Waals surface area contributed by atoms with Gasteiger partial charge in [-0.2, -0.15) is 5.10 Å². The molecule has 0 aromatic carbocycles. The highest BCUT2D eigenvalue weighted by Crippen LogP contribution is 2.18. The molecule has 0 aliphatic carbocycles. The fourth-order valence-electron chi connectivity index (χ4n) is 3.40. The number of nitrogens with one attached hydrogen (secondary N) is 1. The number of rotatable bonds is 6. The van der Waals surface area contributed by atoms with E-state index in [9.17, 15) is 4.79 Å². The Labute approximate surface area is 149 Å². The zero-order valence-corrected chi connectivity index (χ0v) is 15.4. The zero-order valence-electron chi connectivity index (χ0n) is 15.4. The van der Waals surface area contributed by atoms with Gasteiger partial charge in [-0.15, -0.1) is 0 Å². The van der Waals surface area contributed by atoms with Gasteiger partial charge in [0.15, 0.2) is 0 Å². The molecule has 0 unspecified atom stereocenters. The number of amides is 1. The lowest BCUT2D eigenvalue weighted by Gasteiger charge is -2.17. The van der Waals surface area contributed by atoms with Crippen molar-refractivity contribution in [3.05, 3.63) is 40.8 Å². The van der Waals surface area contributed by atoms with Crippen LogP contribution in [0.15, 0.2) is 18.3 Å². The molecule has 6 nitrogen and oxygen atoms in total. The van der Waals surface area contributed by atoms with E-state index >= 15 is 0 Å². The maximum absolute atomic E-state index is 12.2. The van der Waals surface area contributed by atoms with Crippen molar-refractivity contribution >= 4 is 11.7 Å². The van der Waals surface area contributed by atoms with Crippen LogP contribution in [0.4, 0.5) is 5.82 Å². The fraction of sp³-hybridized carbons (Fsp3) is 0.526. The van der Waals surface area contributed by atoms with Crippen LogP contribution >= 0.6 is 0 Å². The van der Waals surface area contributed by atoms with Gasteiger partial charge in [0.2, 0.25) is 5.91 Å². The molecule has 1 aliphatic rings. The number of aromatic nitrogens is 3. The van der Waals surface area contributed by atoms with Crippen molar-refractivity contribution in [2.75, 3.05) is 18.0 Å². The lowest BCUT2D eigenvalue weighted by Crippen LogP contribution is -2.24. The van der Waals surface area contributed by atoms with Gasteiger partial charge in [-0.05, 0) is 56.4 Å². The average molecular weight is 341 g/mol. The summed E-state index contributed by atoms with van der Waals surface area (Å²) in [7, 11) is 1.94. The molecule has 2 aromatic rings. The number of pyridine rings is 1. The van der Waals surface area contributed by atoms with E-state index in [1.807, 2.05) is 37.8 Å². The smallest absolute Gasteiger partial charge is 0.220 e. The van der Waals surface area contributed by atoms with Crippen LogP contribution in [0.25, 0.3) is 0 Å². The molecule has 0 bridgehead atoms. The van der Waals surface area contributed by atoms with Gasteiger partial charge in [0, 0.05) is 45.0 Å². The Kier molecular flexibility index (Phi) is 5.36. The highest BCUT2D eigenvalue weighted by molar-refractivity contribution is 5.76. The summed E-state index contributed by atoms with van der Waals surface area (Å²) >= 11 is 0. The minimum Gasteiger partial charge on any atom is -0.357 e. The quantitative estimate of drug-likeness (QED) is 0.875. The van der Waals surface area contributed by atoms with E-state index in [-0.39, 0.29) is 5.91 Å². The van der Waals surface area contributed by atoms with Crippen LogP contribution < -0.4 is 10.2 Å². The molecule has 3 rings (SSSR count). The Morgan fingerprint density at radius 1 is 1.28 bits per heavy atom. The molecule has 0 atom stereocenters. The van der Waals surface area contributed by atoms with Crippen molar-refractivity contribution in [3.63, 3.8) is 0 Å². The van der Waals surface area contributed by atoms with E-state index in [0.29, 0.717) is 13.0 Å². The molecule has 0 spiro atoms. The van der Waals surface area contributed by atoms with Gasteiger partial charge in [-0.3, -0.25) is 9.48 Å². The summed E-state index contributed by atoms with van der Waals surface area (Å²) < 4.78 is 1.87. The maximum Gasteiger partial charge on any atom is 0.220 e. The largest absolute Gasteiger partial charge is 0.357 e. The van der Waals surface area contributed by atoms with Gasteiger partial charge in [0.25, 0.3) is 0 Å². The Morgan fingerprint density at radius 2 is 2.04 bits per heavy atom. The van der Waals surface area contributed by atoms with Crippen LogP contribution in [-0.2, 0) is 24.8 Å². The van der Waals surface area contributed by atoms with Crippen molar-refractivity contribution in [3.8, 4) is 0 Å². The van der Waals surface area contributed by atoms with Gasteiger partial charge < -0.3 is 10.2 Å². The lowest BCUT2D eigenvalue weighted by molar-refractivity contribution is -0.121. The van der Waals surface area contributed by atoms with E-state index in [4.69, 9.17) is 0 Å². The Hall–Kier alpha value is -2.37. The zero-order chi connectivity index (χ0) is 17.8. The molecule has 1 aliphatic heterocycles. The number of hydrogen-bond donors (Lipinski definition) is 1. The summed E-state index contributed by atoms with van der Waals surface area (Å²) in [6.45, 7) is 6.74. The highest BCUT2D eigenvalue weighted by atomic mass is 16.1. The van der Waals surface area contributed by atoms with Crippen molar-refractivity contribution in [1.29, 1.82) is 0 Å². The van der Waals surface area contributed by atoms with Crippen LogP contribution in [0.5, 0.6) is 0 Å². The first kappa shape index (κ1) is 17.5. The Balaban J connectivity index is 1.51. The normalized spacial score (nSPS) is 14.1. The van der Waals surface area contributed by atoms with Crippen molar-refractivity contribution in [2.24, 2.45) is 7.05 Å². The molecule has 3 heterocycles. The van der Waals surface area contributed by atoms with E-state index < -0.39 is 0 Å². The molecule has 6 heteroatoms. The third-order valence-corrected chi connectivity index (χ3v) is 4.99. The minimum atomic E-state index is 0.0715. The molecule has 134 valence electrons. The number of anilines is 1. The summed E-state index contributed by atoms with van der Waals surface area (Å²) in [6, 6.07) is 4.05. The topological polar surface area (TPSA) is 63.1 Å². The third kappa shape index (κ3) is 4.18. The second-order valence-corrected chi connectivity index (χ2v) is 6.77. The van der Waals surface area contributed by atoms with Crippen LogP contribution in [0, 0.1) is 13.8 Å². The van der Waals surface area contributed by atoms with Crippen molar-refractivity contribution in [2.45, 2.75) is 46.1 Å². The molecule has 1 fully saturated rings. The number of nitrogens with zero attached hydrogens (tertiary/aromatic N) is 4. The molecule has 0 saturated carbocycles. The monoisotopic (exact) mass is 341 g/mol. The SMILES string of the molecule is Cc1nn(C)c(C)c1CCC(=O)NCc1ccnc(N2CCCC2)c1. The third-order valence-electron chi connectivity index (χ3n) is 4.99. The summed E-state index contributed by atoms with van der Waals surface area (Å²) in [5.74, 6) is 1.09. The lowest BCUT2D eigenvalue weighted by atomic mass is 10.1. The Bertz CT molecular complexity index is 746. The summed E-state index contributed by atoms with van der Waals surface area (Å²) in [6.07, 6.45) is 5.51. The first-order valence-corrected chi connectivity index (χ1v) is 9.00. The van der Waals surface area contributed by atoms with E-state index in [1.54, 1.807) is 0 Å². The average Bonchev–Trinajstić information content (AvgIpc) is 3.22. The molecule has 25 heavy (non-hydrogen) atoms. The van der Waals surface area contributed by atoms with E-state index in [2.05, 4.69) is 26.4 Å². The summed E-state index contributed by atoms with van der Waals surface area (Å²) in [5.41, 5.74) is 4.42. The van der Waals surface area contributed by atoms with Gasteiger partial charge in [0.1, 0.15) is 5.82 Å². The van der Waals surface area contributed by atoms with Crippen LogP contribution in [0.2, 0.25) is 0 Å². The van der Waals surface area contributed by atoms with E-state index in [0.717, 1.165) is 42.3 Å². The predicted octanol–water partition coefficient (Wildman–Crippen LogP) is 2.28. The number of carbonyl (C=O) groups excluding carboxylic acids is 1. The predicted molar refractivity (Wildman–Crippen MR) is 98.5 cm³/mol. The first-order chi connectivity index (χ1) is 12.0. The molecule has 1 N–H and O–H groups in total. The minimum absolute atomic E-state index is 0.0715. The molecular formula is C19H27N5O. The van der Waals surface area contributed by atoms with Crippen LogP contribution in [0.1, 0.15) is 41.8 Å². The molecule has 1 amide bonds. The van der Waals surface area contributed by atoms with E-state index in [1.165, 1.54) is 18.4 Å². The molecule has 1 saturated heterocycles. The number of aryl methyl sites for hydroxylation is 2. The summed E-state index contributed by atoms with van der Waals surface area (Å²) in [4.78, 5) is 19.0. The maximum atomic E-state index is 12.2. The number of carbonyl (C=O) groups is 1. The molecular weight excluding hydrogens is 314 g/mol. The second-order valence-electron chi connectivity index (χ2n) is 6.77. The van der Waals surface area contributed by atoms with Crippen molar-refractivity contribution in [1.82, 2.24) is 20.1 Å². The second kappa shape index (κ2) is 7.68. The molecule has 2 aromatic heterocycles. The first-order valence-electron chi connectivity index (χ1n) is 9.00. The van der Waals surface area contributed by atoms with Crippen LogP contribution in [0.3, 0.4) is 0 Å².